The van der Waals surface area contributed by atoms with Gasteiger partial charge in [-0.25, -0.2) is 0 Å². The lowest BCUT2D eigenvalue weighted by atomic mass is 9.56. The Morgan fingerprint density at radius 1 is 0.238 bits per heavy atom. The van der Waals surface area contributed by atoms with E-state index < -0.39 is 0 Å². The maximum absolute atomic E-state index is 1.60. The first-order valence-corrected chi connectivity index (χ1v) is 10.4. The molecule has 0 spiro atoms. The molecule has 0 aromatic rings. The van der Waals surface area contributed by atoms with Gasteiger partial charge in [-0.3, -0.25) is 0 Å². The van der Waals surface area contributed by atoms with Gasteiger partial charge in [-0.1, -0.05) is 70.6 Å². The SMILES string of the molecule is C1C2CC3CC1CC(C2)C3.C1CCCC1.C1CCCCC1. The fourth-order valence-corrected chi connectivity index (χ4v) is 5.93. The third-order valence-electron chi connectivity index (χ3n) is 6.75. The Balaban J connectivity index is 0.000000104. The van der Waals surface area contributed by atoms with E-state index >= 15 is 0 Å². The molecule has 4 bridgehead atoms. The second-order valence-electron chi connectivity index (χ2n) is 8.77. The van der Waals surface area contributed by atoms with Crippen LogP contribution in [-0.4, -0.2) is 0 Å². The number of hydrogen-bond acceptors (Lipinski definition) is 0. The van der Waals surface area contributed by atoms with Crippen molar-refractivity contribution in [3.63, 3.8) is 0 Å². The van der Waals surface area contributed by atoms with Crippen LogP contribution in [0.15, 0.2) is 0 Å². The van der Waals surface area contributed by atoms with E-state index in [2.05, 4.69) is 0 Å². The van der Waals surface area contributed by atoms with Crippen molar-refractivity contribution in [2.24, 2.45) is 23.7 Å². The van der Waals surface area contributed by atoms with E-state index in [9.17, 15) is 0 Å². The lowest BCUT2D eigenvalue weighted by molar-refractivity contribution is 0.0198. The molecule has 6 rings (SSSR count). The molecule has 6 saturated carbocycles. The Bertz CT molecular complexity index is 196. The van der Waals surface area contributed by atoms with Gasteiger partial charge in [0.25, 0.3) is 0 Å². The average Bonchev–Trinajstić information content (AvgIpc) is 3.08. The molecular weight excluding hydrogens is 252 g/mol. The summed E-state index contributed by atoms with van der Waals surface area (Å²) >= 11 is 0. The van der Waals surface area contributed by atoms with Crippen LogP contribution in [0.4, 0.5) is 0 Å². The third-order valence-corrected chi connectivity index (χ3v) is 6.75. The fraction of sp³-hybridized carbons (Fsp3) is 1.00. The van der Waals surface area contributed by atoms with Gasteiger partial charge >= 0.3 is 0 Å². The van der Waals surface area contributed by atoms with Crippen LogP contribution in [0.5, 0.6) is 0 Å². The number of hydrogen-bond donors (Lipinski definition) is 0. The lowest BCUT2D eigenvalue weighted by Gasteiger charge is -2.49. The third kappa shape index (κ3) is 5.29. The monoisotopic (exact) mass is 290 g/mol. The average molecular weight is 291 g/mol. The smallest absolute Gasteiger partial charge is 0.0406 e. The summed E-state index contributed by atoms with van der Waals surface area (Å²) in [6.45, 7) is 0. The second kappa shape index (κ2) is 8.59. The summed E-state index contributed by atoms with van der Waals surface area (Å²) in [5.41, 5.74) is 0. The van der Waals surface area contributed by atoms with Gasteiger partial charge in [0.05, 0.1) is 0 Å². The van der Waals surface area contributed by atoms with Gasteiger partial charge in [0.15, 0.2) is 0 Å². The molecule has 0 aromatic heterocycles. The van der Waals surface area contributed by atoms with Crippen molar-refractivity contribution < 1.29 is 0 Å². The number of rotatable bonds is 0. The predicted molar refractivity (Wildman–Crippen MR) is 92.4 cm³/mol. The summed E-state index contributed by atoms with van der Waals surface area (Å²) < 4.78 is 0. The fourth-order valence-electron chi connectivity index (χ4n) is 5.93. The molecule has 0 aliphatic heterocycles. The van der Waals surface area contributed by atoms with E-state index in [4.69, 9.17) is 0 Å². The van der Waals surface area contributed by atoms with Gasteiger partial charge in [0, 0.05) is 0 Å². The van der Waals surface area contributed by atoms with Crippen LogP contribution < -0.4 is 0 Å². The molecule has 6 fully saturated rings. The normalized spacial score (nSPS) is 40.0. The Morgan fingerprint density at radius 2 is 0.381 bits per heavy atom. The van der Waals surface area contributed by atoms with Crippen LogP contribution in [0.1, 0.15) is 109 Å². The Kier molecular flexibility index (Phi) is 6.49. The van der Waals surface area contributed by atoms with E-state index in [1.807, 2.05) is 0 Å². The van der Waals surface area contributed by atoms with Crippen LogP contribution in [0, 0.1) is 23.7 Å². The zero-order valence-corrected chi connectivity index (χ0v) is 14.3. The van der Waals surface area contributed by atoms with Gasteiger partial charge < -0.3 is 0 Å². The van der Waals surface area contributed by atoms with E-state index in [0.29, 0.717) is 0 Å². The maximum atomic E-state index is 1.60. The van der Waals surface area contributed by atoms with Gasteiger partial charge in [0.1, 0.15) is 0 Å². The van der Waals surface area contributed by atoms with Gasteiger partial charge in [-0.2, -0.15) is 0 Å². The van der Waals surface area contributed by atoms with Crippen LogP contribution in [0.25, 0.3) is 0 Å². The summed E-state index contributed by atoms with van der Waals surface area (Å²) in [5.74, 6) is 4.71. The molecule has 6 aliphatic carbocycles. The highest BCUT2D eigenvalue weighted by Gasteiger charge is 2.41. The highest BCUT2D eigenvalue weighted by atomic mass is 14.5. The molecule has 0 heteroatoms. The summed E-state index contributed by atoms with van der Waals surface area (Å²) in [5, 5.41) is 0. The molecule has 0 nitrogen and oxygen atoms in total. The lowest BCUT2D eigenvalue weighted by Crippen LogP contribution is -2.38. The minimum absolute atomic E-state index is 1.18. The van der Waals surface area contributed by atoms with Crippen LogP contribution in [0.3, 0.4) is 0 Å². The van der Waals surface area contributed by atoms with Crippen molar-refractivity contribution in [2.45, 2.75) is 109 Å². The minimum Gasteiger partial charge on any atom is -0.0533 e. The predicted octanol–water partition coefficient (Wildman–Crippen LogP) is 7.12. The molecule has 0 amide bonds. The topological polar surface area (TPSA) is 0 Å². The minimum atomic E-state index is 1.18. The van der Waals surface area contributed by atoms with E-state index in [1.165, 1.54) is 94.3 Å². The molecule has 21 heavy (non-hydrogen) atoms. The van der Waals surface area contributed by atoms with E-state index in [-0.39, 0.29) is 0 Å². The maximum Gasteiger partial charge on any atom is -0.0406 e. The van der Waals surface area contributed by atoms with E-state index in [0.717, 1.165) is 0 Å². The van der Waals surface area contributed by atoms with Crippen molar-refractivity contribution in [3.05, 3.63) is 0 Å². The zero-order valence-electron chi connectivity index (χ0n) is 14.3. The molecule has 122 valence electrons. The van der Waals surface area contributed by atoms with Gasteiger partial charge in [-0.05, 0) is 62.2 Å². The molecule has 0 radical (unpaired) electrons. The van der Waals surface area contributed by atoms with E-state index in [1.54, 1.807) is 38.5 Å². The van der Waals surface area contributed by atoms with Crippen LogP contribution in [0.2, 0.25) is 0 Å². The summed E-state index contributed by atoms with van der Waals surface area (Å²) in [7, 11) is 0. The second-order valence-corrected chi connectivity index (χ2v) is 8.77. The molecule has 0 aromatic carbocycles. The molecule has 0 atom stereocenters. The van der Waals surface area contributed by atoms with Crippen molar-refractivity contribution in [2.75, 3.05) is 0 Å². The Labute approximate surface area is 133 Å². The Morgan fingerprint density at radius 3 is 0.524 bits per heavy atom. The van der Waals surface area contributed by atoms with Crippen molar-refractivity contribution >= 4 is 0 Å². The highest BCUT2D eigenvalue weighted by molar-refractivity contribution is 4.92. The van der Waals surface area contributed by atoms with Crippen LogP contribution >= 0.6 is 0 Å². The first-order valence-electron chi connectivity index (χ1n) is 10.4. The summed E-state index contributed by atoms with van der Waals surface area (Å²) in [6, 6.07) is 0. The molecule has 0 N–H and O–H groups in total. The van der Waals surface area contributed by atoms with Crippen LogP contribution in [-0.2, 0) is 0 Å². The largest absolute Gasteiger partial charge is 0.0533 e. The summed E-state index contributed by atoms with van der Waals surface area (Å²) in [6.07, 6.45) is 26.1. The standard InChI is InChI=1S/C10H16.C6H12.C5H10/c1-7-2-9-4-8(1)5-10(3-7)6-9;1-2-4-6-5-3-1;1-2-4-5-3-1/h7-10H,1-6H2;1-6H2;1-5H2. The molecular formula is C21H38. The van der Waals surface area contributed by atoms with Gasteiger partial charge in [0.2, 0.25) is 0 Å². The molecule has 0 unspecified atom stereocenters. The van der Waals surface area contributed by atoms with Crippen molar-refractivity contribution in [1.29, 1.82) is 0 Å². The first kappa shape index (κ1) is 15.9. The molecule has 0 heterocycles. The van der Waals surface area contributed by atoms with Crippen molar-refractivity contribution in [1.82, 2.24) is 0 Å². The molecule has 0 saturated heterocycles. The quantitative estimate of drug-likeness (QED) is 0.445. The zero-order chi connectivity index (χ0) is 14.3. The van der Waals surface area contributed by atoms with Crippen molar-refractivity contribution in [3.8, 4) is 0 Å². The molecule has 6 aliphatic rings. The first-order chi connectivity index (χ1) is 10.4. The Hall–Kier alpha value is 0. The highest BCUT2D eigenvalue weighted by Crippen LogP contribution is 2.53. The van der Waals surface area contributed by atoms with Gasteiger partial charge in [-0.15, -0.1) is 0 Å². The summed E-state index contributed by atoms with van der Waals surface area (Å²) in [4.78, 5) is 0.